The Kier molecular flexibility index (Phi) is 8.32. The number of ether oxygens (including phenoxy) is 2. The Balaban J connectivity index is 1.11. The first-order valence-electron chi connectivity index (χ1n) is 14.4. The second-order valence-electron chi connectivity index (χ2n) is 11.0. The summed E-state index contributed by atoms with van der Waals surface area (Å²) in [5, 5.41) is 2.82. The number of rotatable bonds is 9. The summed E-state index contributed by atoms with van der Waals surface area (Å²) in [5.74, 6) is 2.10. The van der Waals surface area contributed by atoms with Crippen molar-refractivity contribution in [2.24, 2.45) is 0 Å². The average molecular weight is 607 g/mol. The Hall–Kier alpha value is -4.01. The summed E-state index contributed by atoms with van der Waals surface area (Å²) in [4.78, 5) is 62.6. The normalized spacial score (nSPS) is 16.4. The highest BCUT2D eigenvalue weighted by molar-refractivity contribution is 7.19. The zero-order valence-corrected chi connectivity index (χ0v) is 25.3. The lowest BCUT2D eigenvalue weighted by molar-refractivity contribution is -0.131. The lowest BCUT2D eigenvalue weighted by atomic mass is 10.2. The van der Waals surface area contributed by atoms with Crippen LogP contribution in [0.4, 0.5) is 11.5 Å². The molecule has 0 radical (unpaired) electrons. The van der Waals surface area contributed by atoms with E-state index in [2.05, 4.69) is 31.2 Å². The van der Waals surface area contributed by atoms with Gasteiger partial charge in [0.2, 0.25) is 5.91 Å². The van der Waals surface area contributed by atoms with Crippen LogP contribution in [0, 0.1) is 6.92 Å². The van der Waals surface area contributed by atoms with Crippen molar-refractivity contribution in [1.29, 1.82) is 0 Å². The number of hydrogen-bond donors (Lipinski definition) is 1. The van der Waals surface area contributed by atoms with Gasteiger partial charge in [-0.3, -0.25) is 19.3 Å². The molecule has 2 aliphatic heterocycles. The van der Waals surface area contributed by atoms with Crippen molar-refractivity contribution < 1.29 is 14.3 Å². The summed E-state index contributed by atoms with van der Waals surface area (Å²) in [5.41, 5.74) is 0.469. The number of aryl methyl sites for hydroxylation is 1. The quantitative estimate of drug-likeness (QED) is 0.275. The number of hydrogen-bond acceptors (Lipinski definition) is 13. The number of carbonyl (C=O) groups is 1. The van der Waals surface area contributed by atoms with Crippen LogP contribution in [0.1, 0.15) is 24.5 Å². The van der Waals surface area contributed by atoms with E-state index in [9.17, 15) is 14.4 Å². The van der Waals surface area contributed by atoms with Crippen LogP contribution in [-0.2, 0) is 16.1 Å². The molecule has 4 aromatic rings. The molecular weight excluding hydrogens is 572 g/mol. The monoisotopic (exact) mass is 606 g/mol. The molecule has 0 bridgehead atoms. The van der Waals surface area contributed by atoms with E-state index >= 15 is 0 Å². The predicted octanol–water partition coefficient (Wildman–Crippen LogP) is 1.43. The Morgan fingerprint density at radius 3 is 2.47 bits per heavy atom. The zero-order valence-electron chi connectivity index (χ0n) is 24.5. The molecule has 1 N–H and O–H groups in total. The predicted molar refractivity (Wildman–Crippen MR) is 164 cm³/mol. The first kappa shape index (κ1) is 29.1. The van der Waals surface area contributed by atoms with Gasteiger partial charge in [-0.15, -0.1) is 11.3 Å². The number of carbonyl (C=O) groups excluding carboxylic acids is 1. The van der Waals surface area contributed by atoms with Crippen LogP contribution in [0.2, 0.25) is 0 Å². The molecule has 1 amide bonds. The maximum Gasteiger partial charge on any atom is 0.272 e. The highest BCUT2D eigenvalue weighted by Gasteiger charge is 2.27. The lowest BCUT2D eigenvalue weighted by Gasteiger charge is -2.34. The third-order valence-corrected chi connectivity index (χ3v) is 8.60. The van der Waals surface area contributed by atoms with Gasteiger partial charge in [-0.25, -0.2) is 19.9 Å². The molecule has 2 saturated heterocycles. The van der Waals surface area contributed by atoms with Crippen molar-refractivity contribution >= 4 is 39.0 Å². The van der Waals surface area contributed by atoms with Crippen LogP contribution in [0.5, 0.6) is 5.75 Å². The minimum absolute atomic E-state index is 0.0155. The molecule has 2 aliphatic rings. The van der Waals surface area contributed by atoms with E-state index in [-0.39, 0.29) is 30.0 Å². The van der Waals surface area contributed by atoms with Gasteiger partial charge in [0.1, 0.15) is 11.5 Å². The van der Waals surface area contributed by atoms with Gasteiger partial charge in [-0.1, -0.05) is 0 Å². The van der Waals surface area contributed by atoms with E-state index in [1.54, 1.807) is 42.5 Å². The topological polar surface area (TPSA) is 143 Å². The Morgan fingerprint density at radius 1 is 1.05 bits per heavy atom. The van der Waals surface area contributed by atoms with Gasteiger partial charge < -0.3 is 24.6 Å². The van der Waals surface area contributed by atoms with E-state index in [0.29, 0.717) is 38.0 Å². The first-order valence-corrected chi connectivity index (χ1v) is 15.2. The van der Waals surface area contributed by atoms with E-state index in [0.717, 1.165) is 54.3 Å². The van der Waals surface area contributed by atoms with Crippen LogP contribution < -0.4 is 25.8 Å². The molecule has 14 heteroatoms. The summed E-state index contributed by atoms with van der Waals surface area (Å²) in [7, 11) is 0. The van der Waals surface area contributed by atoms with Crippen LogP contribution in [0.25, 0.3) is 21.6 Å². The molecule has 5 heterocycles. The highest BCUT2D eigenvalue weighted by Crippen LogP contribution is 2.35. The fourth-order valence-electron chi connectivity index (χ4n) is 5.20. The minimum Gasteiger partial charge on any atom is -0.485 e. The van der Waals surface area contributed by atoms with Gasteiger partial charge in [0.15, 0.2) is 17.4 Å². The van der Waals surface area contributed by atoms with E-state index < -0.39 is 10.9 Å². The third-order valence-electron chi connectivity index (χ3n) is 7.50. The van der Waals surface area contributed by atoms with Crippen LogP contribution in [0.3, 0.4) is 0 Å². The molecule has 0 aliphatic carbocycles. The molecule has 226 valence electrons. The molecule has 0 unspecified atom stereocenters. The standard InChI is InChI=1S/C29H34N8O5S/c1-17(2)42-26-23(24(39)25(26)40)32-15-22(38)36-6-4-35(5-7-36)16-20-12-21-27(43-20)29(37-8-10-41-11-9-37)34-28(33-21)19-13-30-18(3)31-14-19/h12-14,17,32H,4-11,15-16H2,1-3H3. The van der Waals surface area contributed by atoms with Gasteiger partial charge in [-0.2, -0.15) is 0 Å². The summed E-state index contributed by atoms with van der Waals surface area (Å²) in [6.45, 7) is 11.5. The summed E-state index contributed by atoms with van der Waals surface area (Å²) in [6, 6.07) is 2.13. The van der Waals surface area contributed by atoms with E-state index in [4.69, 9.17) is 19.4 Å². The van der Waals surface area contributed by atoms with Crippen LogP contribution >= 0.6 is 11.3 Å². The number of anilines is 2. The van der Waals surface area contributed by atoms with Gasteiger partial charge in [0, 0.05) is 63.1 Å². The number of nitrogens with one attached hydrogen (secondary N) is 1. The third kappa shape index (κ3) is 6.21. The van der Waals surface area contributed by atoms with Gasteiger partial charge >= 0.3 is 0 Å². The largest absolute Gasteiger partial charge is 0.485 e. The fourth-order valence-corrected chi connectivity index (χ4v) is 6.35. The number of nitrogens with zero attached hydrogens (tertiary/aromatic N) is 7. The fraction of sp³-hybridized carbons (Fsp3) is 0.483. The van der Waals surface area contributed by atoms with Gasteiger partial charge in [0.25, 0.3) is 10.9 Å². The molecule has 1 aromatic carbocycles. The molecule has 0 saturated carbocycles. The maximum absolute atomic E-state index is 12.8. The SMILES string of the molecule is Cc1ncc(-c2nc(N3CCOCC3)c3sc(CN4CCN(C(=O)CNc5c(OC(C)C)c(=O)c5=O)CC4)cc3n2)cn1. The van der Waals surface area contributed by atoms with Crippen molar-refractivity contribution in [2.45, 2.75) is 33.4 Å². The molecule has 6 rings (SSSR count). The number of piperazine rings is 1. The molecule has 0 spiro atoms. The number of fused-ring (bicyclic) bond motifs is 1. The minimum atomic E-state index is -0.651. The maximum atomic E-state index is 12.8. The van der Waals surface area contributed by atoms with Gasteiger partial charge in [-0.05, 0) is 26.8 Å². The van der Waals surface area contributed by atoms with E-state index in [1.165, 1.54) is 4.88 Å². The summed E-state index contributed by atoms with van der Waals surface area (Å²) < 4.78 is 12.0. The van der Waals surface area contributed by atoms with E-state index in [1.807, 2.05) is 6.92 Å². The highest BCUT2D eigenvalue weighted by atomic mass is 32.1. The molecule has 2 fully saturated rings. The number of morpholine rings is 1. The molecule has 43 heavy (non-hydrogen) atoms. The van der Waals surface area contributed by atoms with Crippen molar-refractivity contribution in [3.63, 3.8) is 0 Å². The average Bonchev–Trinajstić information content (AvgIpc) is 3.43. The molecule has 0 atom stereocenters. The Bertz CT molecular complexity index is 1680. The Labute approximate surface area is 252 Å². The Morgan fingerprint density at radius 2 is 1.77 bits per heavy atom. The smallest absolute Gasteiger partial charge is 0.272 e. The number of thiophene rings is 1. The number of amides is 1. The second-order valence-corrected chi connectivity index (χ2v) is 12.1. The summed E-state index contributed by atoms with van der Waals surface area (Å²) in [6.07, 6.45) is 3.28. The van der Waals surface area contributed by atoms with Crippen molar-refractivity contribution in [3.8, 4) is 17.1 Å². The lowest BCUT2D eigenvalue weighted by Crippen LogP contribution is -2.50. The first-order chi connectivity index (χ1) is 20.8. The zero-order chi connectivity index (χ0) is 30.1. The summed E-state index contributed by atoms with van der Waals surface area (Å²) >= 11 is 1.70. The van der Waals surface area contributed by atoms with Gasteiger partial charge in [0.05, 0.1) is 41.6 Å². The van der Waals surface area contributed by atoms with Crippen LogP contribution in [0.15, 0.2) is 28.0 Å². The number of aromatic nitrogens is 4. The van der Waals surface area contributed by atoms with Crippen molar-refractivity contribution in [3.05, 3.63) is 49.6 Å². The molecule has 13 nitrogen and oxygen atoms in total. The molecular formula is C29H34N8O5S. The van der Waals surface area contributed by atoms with Crippen LogP contribution in [-0.4, -0.2) is 101 Å². The molecule has 3 aromatic heterocycles. The van der Waals surface area contributed by atoms with Crippen molar-refractivity contribution in [1.82, 2.24) is 29.7 Å². The second kappa shape index (κ2) is 12.3. The van der Waals surface area contributed by atoms with Crippen molar-refractivity contribution in [2.75, 3.05) is 69.2 Å².